The van der Waals surface area contributed by atoms with Crippen LogP contribution in [-0.2, 0) is 0 Å². The Hall–Kier alpha value is -3.68. The van der Waals surface area contributed by atoms with Gasteiger partial charge in [0.1, 0.15) is 18.3 Å². The fourth-order valence-electron chi connectivity index (χ4n) is 4.29. The molecule has 2 aliphatic heterocycles. The average Bonchev–Trinajstić information content (AvgIpc) is 3.43. The number of pyridine rings is 1. The number of nitrogens with one attached hydrogen (secondary N) is 1. The molecule has 31 heavy (non-hydrogen) atoms. The zero-order valence-corrected chi connectivity index (χ0v) is 17.4. The standard InChI is InChI=1S/C23H25N7O/c1-15-4-3-11-29(15)21-6-2-5-20(28-21)27-19-12-18(13-30-23(19)25-14-26-30)16-7-9-17(10-8-16)22(24)31/h2,6-10,12-15,20,27H,3-5,11H2,1H3,(H2,24,31)/t15-,20?/m0/s1. The summed E-state index contributed by atoms with van der Waals surface area (Å²) in [6.07, 6.45) is 10.9. The zero-order chi connectivity index (χ0) is 21.4. The Balaban J connectivity index is 1.46. The number of nitrogens with two attached hydrogens (primary N) is 1. The molecule has 1 unspecified atom stereocenters. The van der Waals surface area contributed by atoms with Crippen LogP contribution in [-0.4, -0.2) is 50.0 Å². The smallest absolute Gasteiger partial charge is 0.248 e. The lowest BCUT2D eigenvalue weighted by Crippen LogP contribution is -2.35. The predicted molar refractivity (Wildman–Crippen MR) is 121 cm³/mol. The van der Waals surface area contributed by atoms with Crippen LogP contribution in [0.3, 0.4) is 0 Å². The fraction of sp³-hybridized carbons (Fsp3) is 0.304. The predicted octanol–water partition coefficient (Wildman–Crippen LogP) is 3.08. The third-order valence-electron chi connectivity index (χ3n) is 5.96. The van der Waals surface area contributed by atoms with Crippen molar-refractivity contribution in [1.82, 2.24) is 19.5 Å². The van der Waals surface area contributed by atoms with Crippen molar-refractivity contribution in [3.05, 3.63) is 60.6 Å². The highest BCUT2D eigenvalue weighted by Gasteiger charge is 2.24. The number of anilines is 1. The maximum atomic E-state index is 11.4. The van der Waals surface area contributed by atoms with Gasteiger partial charge >= 0.3 is 0 Å². The third kappa shape index (κ3) is 3.76. The van der Waals surface area contributed by atoms with Crippen LogP contribution in [0.2, 0.25) is 0 Å². The molecule has 0 aliphatic carbocycles. The molecule has 8 nitrogen and oxygen atoms in total. The summed E-state index contributed by atoms with van der Waals surface area (Å²) < 4.78 is 1.76. The molecular weight excluding hydrogens is 390 g/mol. The molecule has 1 aromatic carbocycles. The molecular formula is C23H25N7O. The van der Waals surface area contributed by atoms with Gasteiger partial charge in [0.25, 0.3) is 0 Å². The van der Waals surface area contributed by atoms with E-state index in [1.54, 1.807) is 23.0 Å². The number of carbonyl (C=O) groups excluding carboxylic acids is 1. The van der Waals surface area contributed by atoms with Crippen LogP contribution in [0.1, 0.15) is 36.5 Å². The molecule has 0 spiro atoms. The summed E-state index contributed by atoms with van der Waals surface area (Å²) in [4.78, 5) is 23.1. The molecule has 0 radical (unpaired) electrons. The van der Waals surface area contributed by atoms with Crippen molar-refractivity contribution >= 4 is 23.1 Å². The minimum atomic E-state index is -0.438. The van der Waals surface area contributed by atoms with E-state index in [9.17, 15) is 4.79 Å². The number of aromatic nitrogens is 3. The summed E-state index contributed by atoms with van der Waals surface area (Å²) in [5.74, 6) is 0.608. The number of benzene rings is 1. The first-order valence-electron chi connectivity index (χ1n) is 10.6. The Morgan fingerprint density at radius 3 is 2.81 bits per heavy atom. The normalized spacial score (nSPS) is 20.8. The third-order valence-corrected chi connectivity index (χ3v) is 5.96. The van der Waals surface area contributed by atoms with Crippen molar-refractivity contribution in [3.8, 4) is 11.1 Å². The summed E-state index contributed by atoms with van der Waals surface area (Å²) in [6, 6.07) is 9.81. The van der Waals surface area contributed by atoms with Crippen LogP contribution in [0, 0.1) is 0 Å². The van der Waals surface area contributed by atoms with Gasteiger partial charge in [-0.1, -0.05) is 18.2 Å². The second kappa shape index (κ2) is 7.86. The van der Waals surface area contributed by atoms with Gasteiger partial charge in [-0.15, -0.1) is 0 Å². The summed E-state index contributed by atoms with van der Waals surface area (Å²) in [6.45, 7) is 3.31. The molecule has 2 aliphatic rings. The first-order chi connectivity index (χ1) is 15.1. The molecule has 0 saturated carbocycles. The number of hydrogen-bond donors (Lipinski definition) is 2. The van der Waals surface area contributed by atoms with E-state index in [4.69, 9.17) is 10.7 Å². The second-order valence-electron chi connectivity index (χ2n) is 8.08. The molecule has 3 N–H and O–H groups in total. The molecule has 2 atom stereocenters. The molecule has 1 fully saturated rings. The molecule has 8 heteroatoms. The minimum absolute atomic E-state index is 0.0687. The van der Waals surface area contributed by atoms with Gasteiger partial charge in [0.15, 0.2) is 5.65 Å². The monoisotopic (exact) mass is 415 g/mol. The van der Waals surface area contributed by atoms with Gasteiger partial charge in [0.05, 0.1) is 5.69 Å². The fourth-order valence-corrected chi connectivity index (χ4v) is 4.29. The van der Waals surface area contributed by atoms with Gasteiger partial charge < -0.3 is 16.0 Å². The van der Waals surface area contributed by atoms with Gasteiger partial charge in [-0.2, -0.15) is 5.10 Å². The van der Waals surface area contributed by atoms with Crippen molar-refractivity contribution in [1.29, 1.82) is 0 Å². The van der Waals surface area contributed by atoms with Gasteiger partial charge in [-0.3, -0.25) is 4.79 Å². The van der Waals surface area contributed by atoms with Crippen LogP contribution < -0.4 is 11.1 Å². The second-order valence-corrected chi connectivity index (χ2v) is 8.08. The van der Waals surface area contributed by atoms with Crippen LogP contribution in [0.25, 0.3) is 16.8 Å². The molecule has 0 bridgehead atoms. The van der Waals surface area contributed by atoms with Crippen molar-refractivity contribution in [2.24, 2.45) is 10.7 Å². The number of amides is 1. The Morgan fingerprint density at radius 1 is 1.23 bits per heavy atom. The number of rotatable bonds is 4. The van der Waals surface area contributed by atoms with Crippen LogP contribution in [0.5, 0.6) is 0 Å². The van der Waals surface area contributed by atoms with E-state index in [1.165, 1.54) is 12.8 Å². The van der Waals surface area contributed by atoms with Crippen LogP contribution >= 0.6 is 0 Å². The van der Waals surface area contributed by atoms with Gasteiger partial charge in [0, 0.05) is 36.3 Å². The van der Waals surface area contributed by atoms with E-state index >= 15 is 0 Å². The van der Waals surface area contributed by atoms with E-state index in [0.29, 0.717) is 11.6 Å². The number of hydrogen-bond acceptors (Lipinski definition) is 6. The number of likely N-dealkylation sites (tertiary alicyclic amines) is 1. The summed E-state index contributed by atoms with van der Waals surface area (Å²) in [5.41, 5.74) is 9.38. The lowest BCUT2D eigenvalue weighted by Gasteiger charge is -2.28. The summed E-state index contributed by atoms with van der Waals surface area (Å²) in [5, 5.41) is 7.88. The Kier molecular flexibility index (Phi) is 4.89. The van der Waals surface area contributed by atoms with Crippen molar-refractivity contribution < 1.29 is 4.79 Å². The quantitative estimate of drug-likeness (QED) is 0.682. The number of amidine groups is 1. The SMILES string of the molecule is C[C@H]1CCCN1C1=NC(Nc2cc(-c3ccc(C(N)=O)cc3)cn3ncnc23)CC=C1. The number of fused-ring (bicyclic) bond motifs is 1. The number of aliphatic imine (C=N–C) groups is 1. The molecule has 1 saturated heterocycles. The van der Waals surface area contributed by atoms with E-state index in [2.05, 4.69) is 45.4 Å². The highest BCUT2D eigenvalue weighted by atomic mass is 16.1. The van der Waals surface area contributed by atoms with Crippen molar-refractivity contribution in [3.63, 3.8) is 0 Å². The van der Waals surface area contributed by atoms with Gasteiger partial charge in [0.2, 0.25) is 5.91 Å². The maximum absolute atomic E-state index is 11.4. The Labute approximate surface area is 180 Å². The number of carbonyl (C=O) groups is 1. The summed E-state index contributed by atoms with van der Waals surface area (Å²) >= 11 is 0. The van der Waals surface area contributed by atoms with Crippen LogP contribution in [0.15, 0.2) is 60.0 Å². The summed E-state index contributed by atoms with van der Waals surface area (Å²) in [7, 11) is 0. The van der Waals surface area contributed by atoms with E-state index in [1.807, 2.05) is 18.3 Å². The topological polar surface area (TPSA) is 101 Å². The number of nitrogens with zero attached hydrogens (tertiary/aromatic N) is 5. The van der Waals surface area contributed by atoms with Gasteiger partial charge in [-0.05, 0) is 49.6 Å². The van der Waals surface area contributed by atoms with E-state index in [0.717, 1.165) is 41.3 Å². The van der Waals surface area contributed by atoms with Crippen LogP contribution in [0.4, 0.5) is 5.69 Å². The lowest BCUT2D eigenvalue weighted by molar-refractivity contribution is 0.100. The molecule has 5 rings (SSSR count). The minimum Gasteiger partial charge on any atom is -0.366 e. The largest absolute Gasteiger partial charge is 0.366 e. The highest BCUT2D eigenvalue weighted by Crippen LogP contribution is 2.27. The molecule has 158 valence electrons. The molecule has 2 aromatic heterocycles. The number of primary amides is 1. The van der Waals surface area contributed by atoms with E-state index in [-0.39, 0.29) is 6.17 Å². The highest BCUT2D eigenvalue weighted by molar-refractivity contribution is 5.94. The Morgan fingerprint density at radius 2 is 2.06 bits per heavy atom. The molecule has 3 aromatic rings. The average molecular weight is 416 g/mol. The van der Waals surface area contributed by atoms with Crippen molar-refractivity contribution in [2.75, 3.05) is 11.9 Å². The van der Waals surface area contributed by atoms with Crippen molar-refractivity contribution in [2.45, 2.75) is 38.4 Å². The Bertz CT molecular complexity index is 1180. The molecule has 1 amide bonds. The first kappa shape index (κ1) is 19.3. The lowest BCUT2D eigenvalue weighted by atomic mass is 10.0. The van der Waals surface area contributed by atoms with Gasteiger partial charge in [-0.25, -0.2) is 14.5 Å². The first-order valence-corrected chi connectivity index (χ1v) is 10.6. The molecule has 4 heterocycles. The van der Waals surface area contributed by atoms with E-state index < -0.39 is 5.91 Å². The maximum Gasteiger partial charge on any atom is 0.248 e. The zero-order valence-electron chi connectivity index (χ0n) is 17.4. The number of dihydropyridines is 1.